The molecule has 0 heterocycles. The van der Waals surface area contributed by atoms with E-state index < -0.39 is 5.82 Å². The highest BCUT2D eigenvalue weighted by atomic mass is 35.5. The normalized spacial score (nSPS) is 10.2. The molecule has 2 rings (SSSR count). The summed E-state index contributed by atoms with van der Waals surface area (Å²) in [5.74, 6) is 0.147. The summed E-state index contributed by atoms with van der Waals surface area (Å²) in [6, 6.07) is 11.5. The van der Waals surface area contributed by atoms with Crippen molar-refractivity contribution in [3.63, 3.8) is 0 Å². The Labute approximate surface area is 120 Å². The van der Waals surface area contributed by atoms with Gasteiger partial charge in [-0.05, 0) is 35.9 Å². The summed E-state index contributed by atoms with van der Waals surface area (Å²) in [5, 5.41) is 0.508. The third-order valence-corrected chi connectivity index (χ3v) is 3.02. The van der Waals surface area contributed by atoms with Crippen LogP contribution in [0.1, 0.15) is 11.1 Å². The van der Waals surface area contributed by atoms with Gasteiger partial charge in [-0.25, -0.2) is 4.39 Å². The standard InChI is InChI=1S/C14H11ClFNOS/c15-12-3-1-2-4-13(12)18-8-9-5-10(14(17)19)7-11(16)6-9/h1-7H,8H2,(H2,17,19). The van der Waals surface area contributed by atoms with Crippen molar-refractivity contribution in [1.82, 2.24) is 0 Å². The van der Waals surface area contributed by atoms with Crippen LogP contribution in [0.5, 0.6) is 5.75 Å². The molecule has 5 heteroatoms. The van der Waals surface area contributed by atoms with Gasteiger partial charge in [0.15, 0.2) is 0 Å². The van der Waals surface area contributed by atoms with Crippen LogP contribution in [0.25, 0.3) is 0 Å². The molecule has 0 aromatic heterocycles. The molecular formula is C14H11ClFNOS. The number of nitrogens with two attached hydrogens (primary N) is 1. The van der Waals surface area contributed by atoms with Gasteiger partial charge in [0, 0.05) is 5.56 Å². The van der Waals surface area contributed by atoms with Gasteiger partial charge >= 0.3 is 0 Å². The van der Waals surface area contributed by atoms with Gasteiger partial charge < -0.3 is 10.5 Å². The van der Waals surface area contributed by atoms with Crippen molar-refractivity contribution in [2.24, 2.45) is 5.73 Å². The van der Waals surface area contributed by atoms with E-state index in [1.54, 1.807) is 18.2 Å². The Hall–Kier alpha value is -1.65. The van der Waals surface area contributed by atoms with Crippen LogP contribution in [0, 0.1) is 5.82 Å². The second-order valence-corrected chi connectivity index (χ2v) is 4.78. The second kappa shape index (κ2) is 5.99. The molecule has 0 spiro atoms. The largest absolute Gasteiger partial charge is 0.487 e. The molecule has 2 N–H and O–H groups in total. The zero-order valence-corrected chi connectivity index (χ0v) is 11.5. The van der Waals surface area contributed by atoms with Crippen LogP contribution in [-0.4, -0.2) is 4.99 Å². The molecule has 0 amide bonds. The van der Waals surface area contributed by atoms with Crippen molar-refractivity contribution >= 4 is 28.8 Å². The monoisotopic (exact) mass is 295 g/mol. The third-order valence-electron chi connectivity index (χ3n) is 2.47. The summed E-state index contributed by atoms with van der Waals surface area (Å²) in [7, 11) is 0. The topological polar surface area (TPSA) is 35.2 Å². The average Bonchev–Trinajstić information content (AvgIpc) is 2.37. The van der Waals surface area contributed by atoms with Gasteiger partial charge in [-0.15, -0.1) is 0 Å². The van der Waals surface area contributed by atoms with E-state index in [9.17, 15) is 4.39 Å². The highest BCUT2D eigenvalue weighted by Crippen LogP contribution is 2.24. The fourth-order valence-corrected chi connectivity index (χ4v) is 1.91. The Morgan fingerprint density at radius 1 is 1.26 bits per heavy atom. The lowest BCUT2D eigenvalue weighted by molar-refractivity contribution is 0.306. The van der Waals surface area contributed by atoms with Crippen LogP contribution in [0.2, 0.25) is 5.02 Å². The minimum atomic E-state index is -0.400. The van der Waals surface area contributed by atoms with E-state index in [1.807, 2.05) is 12.1 Å². The van der Waals surface area contributed by atoms with Gasteiger partial charge in [0.05, 0.1) is 5.02 Å². The van der Waals surface area contributed by atoms with E-state index >= 15 is 0 Å². The second-order valence-electron chi connectivity index (χ2n) is 3.93. The van der Waals surface area contributed by atoms with Crippen LogP contribution in [0.15, 0.2) is 42.5 Å². The van der Waals surface area contributed by atoms with Crippen molar-refractivity contribution in [3.05, 3.63) is 64.4 Å². The van der Waals surface area contributed by atoms with Crippen LogP contribution < -0.4 is 10.5 Å². The van der Waals surface area contributed by atoms with Crippen molar-refractivity contribution in [1.29, 1.82) is 0 Å². The SMILES string of the molecule is NC(=S)c1cc(F)cc(COc2ccccc2Cl)c1. The molecule has 2 nitrogen and oxygen atoms in total. The smallest absolute Gasteiger partial charge is 0.138 e. The predicted molar refractivity (Wildman–Crippen MR) is 78.1 cm³/mol. The summed E-state index contributed by atoms with van der Waals surface area (Å²) < 4.78 is 18.9. The first-order chi connectivity index (χ1) is 9.06. The quantitative estimate of drug-likeness (QED) is 0.874. The maximum Gasteiger partial charge on any atom is 0.138 e. The molecule has 0 aliphatic rings. The average molecular weight is 296 g/mol. The van der Waals surface area contributed by atoms with Crippen LogP contribution >= 0.6 is 23.8 Å². The summed E-state index contributed by atoms with van der Waals surface area (Å²) in [6.07, 6.45) is 0. The Morgan fingerprint density at radius 3 is 2.68 bits per heavy atom. The first kappa shape index (κ1) is 13.8. The van der Waals surface area contributed by atoms with E-state index in [0.717, 1.165) is 0 Å². The van der Waals surface area contributed by atoms with Crippen molar-refractivity contribution < 1.29 is 9.13 Å². The lowest BCUT2D eigenvalue weighted by Crippen LogP contribution is -2.10. The summed E-state index contributed by atoms with van der Waals surface area (Å²) in [6.45, 7) is 0.192. The van der Waals surface area contributed by atoms with Gasteiger partial charge in [0.2, 0.25) is 0 Å². The van der Waals surface area contributed by atoms with E-state index in [4.69, 9.17) is 34.3 Å². The van der Waals surface area contributed by atoms with E-state index in [0.29, 0.717) is 21.9 Å². The molecule has 0 radical (unpaired) electrons. The Bertz CT molecular complexity index is 618. The number of hydrogen-bond acceptors (Lipinski definition) is 2. The van der Waals surface area contributed by atoms with Gasteiger partial charge in [-0.2, -0.15) is 0 Å². The summed E-state index contributed by atoms with van der Waals surface area (Å²) >= 11 is 10.8. The number of thiocarbonyl (C=S) groups is 1. The minimum Gasteiger partial charge on any atom is -0.487 e. The highest BCUT2D eigenvalue weighted by Gasteiger charge is 2.05. The molecule has 0 saturated carbocycles. The van der Waals surface area contributed by atoms with E-state index in [1.165, 1.54) is 12.1 Å². The van der Waals surface area contributed by atoms with Crippen molar-refractivity contribution in [3.8, 4) is 5.75 Å². The number of benzene rings is 2. The Balaban J connectivity index is 2.16. The highest BCUT2D eigenvalue weighted by molar-refractivity contribution is 7.80. The van der Waals surface area contributed by atoms with E-state index in [2.05, 4.69) is 0 Å². The maximum atomic E-state index is 13.4. The van der Waals surface area contributed by atoms with Crippen LogP contribution in [-0.2, 0) is 6.61 Å². The molecule has 0 saturated heterocycles. The van der Waals surface area contributed by atoms with Gasteiger partial charge in [0.1, 0.15) is 23.2 Å². The Kier molecular flexibility index (Phi) is 4.35. The van der Waals surface area contributed by atoms with Crippen molar-refractivity contribution in [2.75, 3.05) is 0 Å². The number of ether oxygens (including phenoxy) is 1. The number of hydrogen-bond donors (Lipinski definition) is 1. The van der Waals surface area contributed by atoms with Gasteiger partial charge in [-0.1, -0.05) is 36.0 Å². The summed E-state index contributed by atoms with van der Waals surface area (Å²) in [4.78, 5) is 0.151. The fraction of sp³-hybridized carbons (Fsp3) is 0.0714. The third kappa shape index (κ3) is 3.66. The minimum absolute atomic E-state index is 0.151. The maximum absolute atomic E-state index is 13.4. The molecule has 0 fully saturated rings. The molecule has 0 aliphatic carbocycles. The fourth-order valence-electron chi connectivity index (χ4n) is 1.60. The van der Waals surface area contributed by atoms with Crippen LogP contribution in [0.3, 0.4) is 0 Å². The molecule has 0 bridgehead atoms. The molecule has 0 unspecified atom stereocenters. The lowest BCUT2D eigenvalue weighted by atomic mass is 10.1. The molecular weight excluding hydrogens is 285 g/mol. The summed E-state index contributed by atoms with van der Waals surface area (Å²) in [5.41, 5.74) is 6.61. The molecule has 0 atom stereocenters. The molecule has 98 valence electrons. The zero-order chi connectivity index (χ0) is 13.8. The first-order valence-electron chi connectivity index (χ1n) is 5.53. The predicted octanol–water partition coefficient (Wildman–Crippen LogP) is 3.69. The first-order valence-corrected chi connectivity index (χ1v) is 6.31. The van der Waals surface area contributed by atoms with E-state index in [-0.39, 0.29) is 11.6 Å². The number of halogens is 2. The molecule has 2 aromatic rings. The van der Waals surface area contributed by atoms with Gasteiger partial charge in [-0.3, -0.25) is 0 Å². The Morgan fingerprint density at radius 2 is 2.00 bits per heavy atom. The zero-order valence-electron chi connectivity index (χ0n) is 9.90. The van der Waals surface area contributed by atoms with Gasteiger partial charge in [0.25, 0.3) is 0 Å². The number of para-hydroxylation sites is 1. The molecule has 19 heavy (non-hydrogen) atoms. The lowest BCUT2D eigenvalue weighted by Gasteiger charge is -2.09. The molecule has 2 aromatic carbocycles. The number of rotatable bonds is 4. The molecule has 0 aliphatic heterocycles. The van der Waals surface area contributed by atoms with Crippen LogP contribution in [0.4, 0.5) is 4.39 Å². The van der Waals surface area contributed by atoms with Crippen molar-refractivity contribution in [2.45, 2.75) is 6.61 Å².